The summed E-state index contributed by atoms with van der Waals surface area (Å²) >= 11 is 0. The van der Waals surface area contributed by atoms with Crippen molar-refractivity contribution in [1.29, 1.82) is 0 Å². The molecule has 0 saturated carbocycles. The summed E-state index contributed by atoms with van der Waals surface area (Å²) in [5.41, 5.74) is 6.54. The second-order valence-corrected chi connectivity index (χ2v) is 7.54. The number of ketones is 1. The molecule has 0 spiro atoms. The average molecular weight is 384 g/mol. The van der Waals surface area contributed by atoms with E-state index in [4.69, 9.17) is 0 Å². The van der Waals surface area contributed by atoms with Crippen molar-refractivity contribution in [3.05, 3.63) is 83.4 Å². The lowest BCUT2D eigenvalue weighted by Crippen LogP contribution is -2.24. The Morgan fingerprint density at radius 2 is 1.69 bits per heavy atom. The van der Waals surface area contributed by atoms with Crippen LogP contribution in [0.1, 0.15) is 39.6 Å². The van der Waals surface area contributed by atoms with Crippen LogP contribution >= 0.6 is 0 Å². The number of nitrogens with one attached hydrogen (secondary N) is 1. The van der Waals surface area contributed by atoms with E-state index in [2.05, 4.69) is 23.3 Å². The van der Waals surface area contributed by atoms with Crippen LogP contribution in [0.3, 0.4) is 0 Å². The molecule has 1 aliphatic heterocycles. The van der Waals surface area contributed by atoms with E-state index >= 15 is 0 Å². The minimum Gasteiger partial charge on any atom is -0.374 e. The van der Waals surface area contributed by atoms with Gasteiger partial charge in [-0.15, -0.1) is 0 Å². The summed E-state index contributed by atoms with van der Waals surface area (Å²) < 4.78 is 0. The first-order chi connectivity index (χ1) is 14.0. The molecule has 1 N–H and O–H groups in total. The Hall–Kier alpha value is -3.40. The number of carbonyl (C=O) groups excluding carboxylic acids is 2. The van der Waals surface area contributed by atoms with Gasteiger partial charge in [0.15, 0.2) is 5.78 Å². The van der Waals surface area contributed by atoms with Crippen LogP contribution in [0, 0.1) is 0 Å². The first-order valence-electron chi connectivity index (χ1n) is 9.88. The Bertz CT molecular complexity index is 1070. The highest BCUT2D eigenvalue weighted by atomic mass is 16.1. The van der Waals surface area contributed by atoms with E-state index in [0.717, 1.165) is 36.2 Å². The number of benzene rings is 3. The summed E-state index contributed by atoms with van der Waals surface area (Å²) in [5.74, 6) is -0.0917. The van der Waals surface area contributed by atoms with Crippen LogP contribution in [-0.2, 0) is 6.42 Å². The molecule has 0 fully saturated rings. The molecule has 1 heterocycles. The summed E-state index contributed by atoms with van der Waals surface area (Å²) in [6, 6.07) is 21.1. The molecule has 0 aliphatic carbocycles. The maximum Gasteiger partial charge on any atom is 0.255 e. The van der Waals surface area contributed by atoms with Crippen LogP contribution < -0.4 is 10.2 Å². The molecule has 4 heteroatoms. The predicted octanol–water partition coefficient (Wildman–Crippen LogP) is 5.19. The van der Waals surface area contributed by atoms with Crippen molar-refractivity contribution >= 4 is 23.1 Å². The molecule has 3 aromatic rings. The molecule has 4 rings (SSSR count). The lowest BCUT2D eigenvalue weighted by Gasteiger charge is -2.28. The predicted molar refractivity (Wildman–Crippen MR) is 118 cm³/mol. The lowest BCUT2D eigenvalue weighted by atomic mass is 10.00. The van der Waals surface area contributed by atoms with E-state index in [1.165, 1.54) is 11.3 Å². The van der Waals surface area contributed by atoms with Crippen LogP contribution in [0.5, 0.6) is 0 Å². The highest BCUT2D eigenvalue weighted by Crippen LogP contribution is 2.29. The third-order valence-electron chi connectivity index (χ3n) is 5.44. The van der Waals surface area contributed by atoms with E-state index < -0.39 is 0 Å². The van der Waals surface area contributed by atoms with Gasteiger partial charge in [0.1, 0.15) is 0 Å². The Morgan fingerprint density at radius 3 is 2.45 bits per heavy atom. The number of hydrogen-bond donors (Lipinski definition) is 1. The SMILES string of the molecule is CC(=O)c1cccc(-c2ccc(C(=O)Nc3ccc4c(c3)N(C)CCC4)cc2)c1. The second kappa shape index (κ2) is 7.92. The number of Topliss-reactive ketones (excluding diaryl/α,β-unsaturated/α-hetero) is 1. The van der Waals surface area contributed by atoms with Crippen LogP contribution in [0.15, 0.2) is 66.7 Å². The molecule has 3 aromatic carbocycles. The number of amides is 1. The van der Waals surface area contributed by atoms with Gasteiger partial charge >= 0.3 is 0 Å². The summed E-state index contributed by atoms with van der Waals surface area (Å²) in [6.45, 7) is 2.60. The molecule has 0 saturated heterocycles. The van der Waals surface area contributed by atoms with Crippen molar-refractivity contribution in [2.24, 2.45) is 0 Å². The third kappa shape index (κ3) is 4.06. The summed E-state index contributed by atoms with van der Waals surface area (Å²) in [7, 11) is 2.09. The molecule has 29 heavy (non-hydrogen) atoms. The third-order valence-corrected chi connectivity index (χ3v) is 5.44. The minimum absolute atomic E-state index is 0.0403. The maximum absolute atomic E-state index is 12.7. The zero-order chi connectivity index (χ0) is 20.4. The number of aryl methyl sites for hydroxylation is 1. The Morgan fingerprint density at radius 1 is 0.897 bits per heavy atom. The standard InChI is InChI=1S/C25H24N2O2/c1-17(28)21-5-3-6-22(15-21)18-8-10-20(11-9-18)25(29)26-23-13-12-19-7-4-14-27(2)24(19)16-23/h3,5-6,8-13,15-16H,4,7,14H2,1-2H3,(H,26,29). The number of rotatable bonds is 4. The van der Waals surface area contributed by atoms with Crippen molar-refractivity contribution in [2.75, 3.05) is 23.8 Å². The molecule has 146 valence electrons. The highest BCUT2D eigenvalue weighted by Gasteiger charge is 2.15. The van der Waals surface area contributed by atoms with Gasteiger partial charge in [0, 0.05) is 36.1 Å². The van der Waals surface area contributed by atoms with Crippen LogP contribution in [0.4, 0.5) is 11.4 Å². The fourth-order valence-electron chi connectivity index (χ4n) is 3.77. The molecule has 0 radical (unpaired) electrons. The molecule has 0 aromatic heterocycles. The van der Waals surface area contributed by atoms with Gasteiger partial charge in [0.25, 0.3) is 5.91 Å². The Labute approximate surface area is 171 Å². The lowest BCUT2D eigenvalue weighted by molar-refractivity contribution is 0.101. The van der Waals surface area contributed by atoms with Crippen LogP contribution in [0.2, 0.25) is 0 Å². The smallest absolute Gasteiger partial charge is 0.255 e. The van der Waals surface area contributed by atoms with Crippen molar-refractivity contribution < 1.29 is 9.59 Å². The van der Waals surface area contributed by atoms with Crippen LogP contribution in [-0.4, -0.2) is 25.3 Å². The summed E-state index contributed by atoms with van der Waals surface area (Å²) in [6.07, 6.45) is 2.25. The van der Waals surface area contributed by atoms with Gasteiger partial charge in [-0.1, -0.05) is 36.4 Å². The minimum atomic E-state index is -0.132. The van der Waals surface area contributed by atoms with Crippen molar-refractivity contribution in [3.8, 4) is 11.1 Å². The second-order valence-electron chi connectivity index (χ2n) is 7.54. The molecular weight excluding hydrogens is 360 g/mol. The largest absolute Gasteiger partial charge is 0.374 e. The van der Waals surface area contributed by atoms with E-state index in [-0.39, 0.29) is 11.7 Å². The van der Waals surface area contributed by atoms with Gasteiger partial charge in [-0.05, 0) is 66.8 Å². The van der Waals surface area contributed by atoms with Crippen LogP contribution in [0.25, 0.3) is 11.1 Å². The van der Waals surface area contributed by atoms with Gasteiger partial charge in [-0.3, -0.25) is 9.59 Å². The first kappa shape index (κ1) is 18.9. The summed E-state index contributed by atoms with van der Waals surface area (Å²) in [4.78, 5) is 26.5. The molecule has 1 aliphatic rings. The highest BCUT2D eigenvalue weighted by molar-refractivity contribution is 6.04. The number of fused-ring (bicyclic) bond motifs is 1. The van der Waals surface area contributed by atoms with Gasteiger partial charge in [0.05, 0.1) is 0 Å². The monoisotopic (exact) mass is 384 g/mol. The molecule has 0 bridgehead atoms. The van der Waals surface area contributed by atoms with Crippen molar-refractivity contribution in [1.82, 2.24) is 0 Å². The van der Waals surface area contributed by atoms with Crippen molar-refractivity contribution in [2.45, 2.75) is 19.8 Å². The quantitative estimate of drug-likeness (QED) is 0.630. The molecule has 1 amide bonds. The fraction of sp³-hybridized carbons (Fsp3) is 0.200. The van der Waals surface area contributed by atoms with Gasteiger partial charge in [-0.2, -0.15) is 0 Å². The zero-order valence-electron chi connectivity index (χ0n) is 16.7. The van der Waals surface area contributed by atoms with E-state index in [1.54, 1.807) is 6.92 Å². The number of anilines is 2. The molecular formula is C25H24N2O2. The van der Waals surface area contributed by atoms with Crippen molar-refractivity contribution in [3.63, 3.8) is 0 Å². The van der Waals surface area contributed by atoms with Gasteiger partial charge in [-0.25, -0.2) is 0 Å². The molecule has 0 unspecified atom stereocenters. The van der Waals surface area contributed by atoms with Gasteiger partial charge < -0.3 is 10.2 Å². The van der Waals surface area contributed by atoms with E-state index in [1.807, 2.05) is 60.7 Å². The molecule has 0 atom stereocenters. The number of carbonyl (C=O) groups is 2. The molecule has 4 nitrogen and oxygen atoms in total. The zero-order valence-corrected chi connectivity index (χ0v) is 16.7. The van der Waals surface area contributed by atoms with Gasteiger partial charge in [0.2, 0.25) is 0 Å². The Balaban J connectivity index is 1.51. The van der Waals surface area contributed by atoms with E-state index in [9.17, 15) is 9.59 Å². The Kier molecular flexibility index (Phi) is 5.17. The normalized spacial score (nSPS) is 13.0. The maximum atomic E-state index is 12.7. The fourth-order valence-corrected chi connectivity index (χ4v) is 3.77. The number of nitrogens with zero attached hydrogens (tertiary/aromatic N) is 1. The van der Waals surface area contributed by atoms with E-state index in [0.29, 0.717) is 11.1 Å². The average Bonchev–Trinajstić information content (AvgIpc) is 2.74. The first-order valence-corrected chi connectivity index (χ1v) is 9.88. The number of hydrogen-bond acceptors (Lipinski definition) is 3. The topological polar surface area (TPSA) is 49.4 Å². The summed E-state index contributed by atoms with van der Waals surface area (Å²) in [5, 5.41) is 3.00.